The van der Waals surface area contributed by atoms with E-state index in [1.54, 1.807) is 13.8 Å². The van der Waals surface area contributed by atoms with Gasteiger partial charge in [0, 0.05) is 13.0 Å². The van der Waals surface area contributed by atoms with Gasteiger partial charge in [0.25, 0.3) is 0 Å². The van der Waals surface area contributed by atoms with Crippen LogP contribution in [0.3, 0.4) is 0 Å². The van der Waals surface area contributed by atoms with Gasteiger partial charge in [-0.1, -0.05) is 6.92 Å². The lowest BCUT2D eigenvalue weighted by Gasteiger charge is -2.24. The van der Waals surface area contributed by atoms with E-state index in [1.165, 1.54) is 0 Å². The van der Waals surface area contributed by atoms with Crippen LogP contribution in [0.1, 0.15) is 27.2 Å². The predicted molar refractivity (Wildman–Crippen MR) is 53.6 cm³/mol. The van der Waals surface area contributed by atoms with Gasteiger partial charge in [0.2, 0.25) is 0 Å². The van der Waals surface area contributed by atoms with Crippen LogP contribution >= 0.6 is 0 Å². The molecule has 0 saturated carbocycles. The van der Waals surface area contributed by atoms with Gasteiger partial charge in [-0.15, -0.1) is 0 Å². The maximum atomic E-state index is 11.4. The van der Waals surface area contributed by atoms with E-state index < -0.39 is 0 Å². The SMILES string of the molecule is CCOC(=O)C(C)N(CC)CCC#N. The summed E-state index contributed by atoms with van der Waals surface area (Å²) in [6, 6.07) is 1.81. The average Bonchev–Trinajstić information content (AvgIpc) is 2.19. The molecule has 14 heavy (non-hydrogen) atoms. The van der Waals surface area contributed by atoms with Crippen LogP contribution in [0.2, 0.25) is 0 Å². The number of likely N-dealkylation sites (N-methyl/N-ethyl adjacent to an activating group) is 1. The molecule has 0 aliphatic heterocycles. The number of nitriles is 1. The van der Waals surface area contributed by atoms with Gasteiger partial charge in [-0.05, 0) is 20.4 Å². The molecular formula is C10H18N2O2. The van der Waals surface area contributed by atoms with Gasteiger partial charge >= 0.3 is 5.97 Å². The second-order valence-electron chi connectivity index (χ2n) is 2.96. The van der Waals surface area contributed by atoms with E-state index >= 15 is 0 Å². The number of ether oxygens (including phenoxy) is 1. The third-order valence-corrected chi connectivity index (χ3v) is 2.09. The van der Waals surface area contributed by atoms with Gasteiger partial charge < -0.3 is 4.74 Å². The zero-order valence-electron chi connectivity index (χ0n) is 9.12. The molecule has 0 rings (SSSR count). The van der Waals surface area contributed by atoms with E-state index in [9.17, 15) is 4.79 Å². The molecule has 1 unspecified atom stereocenters. The summed E-state index contributed by atoms with van der Waals surface area (Å²) >= 11 is 0. The van der Waals surface area contributed by atoms with Gasteiger partial charge in [0.05, 0.1) is 12.7 Å². The second kappa shape index (κ2) is 7.34. The minimum Gasteiger partial charge on any atom is -0.465 e. The molecule has 0 N–H and O–H groups in total. The first-order chi connectivity index (χ1) is 6.67. The van der Waals surface area contributed by atoms with Crippen LogP contribution in [0.4, 0.5) is 0 Å². The first kappa shape index (κ1) is 12.9. The van der Waals surface area contributed by atoms with Gasteiger partial charge in [-0.2, -0.15) is 5.26 Å². The number of carbonyl (C=O) groups is 1. The maximum Gasteiger partial charge on any atom is 0.323 e. The summed E-state index contributed by atoms with van der Waals surface area (Å²) in [5.74, 6) is -0.215. The molecule has 0 aromatic rings. The molecule has 0 spiro atoms. The largest absolute Gasteiger partial charge is 0.465 e. The van der Waals surface area contributed by atoms with E-state index in [4.69, 9.17) is 10.00 Å². The number of rotatable bonds is 6. The molecule has 4 heteroatoms. The quantitative estimate of drug-likeness (QED) is 0.601. The smallest absolute Gasteiger partial charge is 0.323 e. The minimum absolute atomic E-state index is 0.215. The van der Waals surface area contributed by atoms with Crippen molar-refractivity contribution in [1.29, 1.82) is 5.26 Å². The van der Waals surface area contributed by atoms with Crippen LogP contribution in [-0.2, 0) is 9.53 Å². The van der Waals surface area contributed by atoms with Crippen molar-refractivity contribution >= 4 is 5.97 Å². The molecular weight excluding hydrogens is 180 g/mol. The Labute approximate surface area is 85.5 Å². The Morgan fingerprint density at radius 1 is 1.57 bits per heavy atom. The molecule has 0 heterocycles. The van der Waals surface area contributed by atoms with E-state index in [0.717, 1.165) is 6.54 Å². The highest BCUT2D eigenvalue weighted by molar-refractivity contribution is 5.75. The topological polar surface area (TPSA) is 53.3 Å². The molecule has 1 atom stereocenters. The van der Waals surface area contributed by atoms with Crippen LogP contribution in [0.15, 0.2) is 0 Å². The Morgan fingerprint density at radius 3 is 2.64 bits per heavy atom. The third-order valence-electron chi connectivity index (χ3n) is 2.09. The highest BCUT2D eigenvalue weighted by atomic mass is 16.5. The van der Waals surface area contributed by atoms with Gasteiger partial charge in [0.15, 0.2) is 0 Å². The van der Waals surface area contributed by atoms with Crippen LogP contribution in [0.5, 0.6) is 0 Å². The fraction of sp³-hybridized carbons (Fsp3) is 0.800. The number of carbonyl (C=O) groups excluding carboxylic acids is 1. The monoisotopic (exact) mass is 198 g/mol. The molecule has 80 valence electrons. The molecule has 0 bridgehead atoms. The highest BCUT2D eigenvalue weighted by Gasteiger charge is 2.20. The fourth-order valence-electron chi connectivity index (χ4n) is 1.23. The van der Waals surface area contributed by atoms with Gasteiger partial charge in [0.1, 0.15) is 6.04 Å². The standard InChI is InChI=1S/C10H18N2O2/c1-4-12(8-6-7-11)9(3)10(13)14-5-2/h9H,4-6,8H2,1-3H3. The lowest BCUT2D eigenvalue weighted by Crippen LogP contribution is -2.40. The summed E-state index contributed by atoms with van der Waals surface area (Å²) in [6.07, 6.45) is 0.442. The summed E-state index contributed by atoms with van der Waals surface area (Å²) in [4.78, 5) is 13.3. The molecule has 0 aliphatic rings. The summed E-state index contributed by atoms with van der Waals surface area (Å²) in [6.45, 7) is 7.33. The van der Waals surface area contributed by atoms with E-state index in [1.807, 2.05) is 11.8 Å². The maximum absolute atomic E-state index is 11.4. The highest BCUT2D eigenvalue weighted by Crippen LogP contribution is 2.02. The number of hydrogen-bond donors (Lipinski definition) is 0. The number of nitrogens with zero attached hydrogens (tertiary/aromatic N) is 2. The Hall–Kier alpha value is -1.08. The van der Waals surface area contributed by atoms with Crippen LogP contribution in [0, 0.1) is 11.3 Å². The van der Waals surface area contributed by atoms with Crippen molar-refractivity contribution in [3.8, 4) is 6.07 Å². The second-order valence-corrected chi connectivity index (χ2v) is 2.96. The summed E-state index contributed by atoms with van der Waals surface area (Å²) < 4.78 is 4.90. The van der Waals surface area contributed by atoms with Crippen molar-refractivity contribution in [3.05, 3.63) is 0 Å². The van der Waals surface area contributed by atoms with Gasteiger partial charge in [-0.25, -0.2) is 0 Å². The molecule has 0 aromatic heterocycles. The van der Waals surface area contributed by atoms with Crippen molar-refractivity contribution in [2.45, 2.75) is 33.2 Å². The van der Waals surface area contributed by atoms with Crippen molar-refractivity contribution in [2.24, 2.45) is 0 Å². The summed E-state index contributed by atoms with van der Waals surface area (Å²) in [7, 11) is 0. The van der Waals surface area contributed by atoms with Crippen LogP contribution in [-0.4, -0.2) is 36.6 Å². The lowest BCUT2D eigenvalue weighted by molar-refractivity contribution is -0.148. The Morgan fingerprint density at radius 2 is 2.21 bits per heavy atom. The molecule has 0 saturated heterocycles. The normalized spacial score (nSPS) is 12.2. The fourth-order valence-corrected chi connectivity index (χ4v) is 1.23. The summed E-state index contributed by atoms with van der Waals surface area (Å²) in [5.41, 5.74) is 0. The van der Waals surface area contributed by atoms with Crippen LogP contribution in [0.25, 0.3) is 0 Å². The minimum atomic E-state index is -0.256. The average molecular weight is 198 g/mol. The van der Waals surface area contributed by atoms with Crippen molar-refractivity contribution in [1.82, 2.24) is 4.90 Å². The zero-order valence-corrected chi connectivity index (χ0v) is 9.12. The number of hydrogen-bond acceptors (Lipinski definition) is 4. The number of esters is 1. The third kappa shape index (κ3) is 4.24. The molecule has 0 fully saturated rings. The van der Waals surface area contributed by atoms with E-state index in [-0.39, 0.29) is 12.0 Å². The van der Waals surface area contributed by atoms with E-state index in [2.05, 4.69) is 6.07 Å². The zero-order chi connectivity index (χ0) is 11.0. The molecule has 4 nitrogen and oxygen atoms in total. The molecule has 0 aliphatic carbocycles. The molecule has 0 aromatic carbocycles. The molecule has 0 amide bonds. The Balaban J connectivity index is 4.09. The predicted octanol–water partition coefficient (Wildman–Crippen LogP) is 1.17. The molecule has 0 radical (unpaired) electrons. The Kier molecular flexibility index (Phi) is 6.77. The van der Waals surface area contributed by atoms with Gasteiger partial charge in [-0.3, -0.25) is 9.69 Å². The van der Waals surface area contributed by atoms with Crippen molar-refractivity contribution in [3.63, 3.8) is 0 Å². The lowest BCUT2D eigenvalue weighted by atomic mass is 10.2. The summed E-state index contributed by atoms with van der Waals surface area (Å²) in [5, 5.41) is 8.44. The van der Waals surface area contributed by atoms with E-state index in [0.29, 0.717) is 19.6 Å². The first-order valence-corrected chi connectivity index (χ1v) is 4.94. The van der Waals surface area contributed by atoms with Crippen molar-refractivity contribution in [2.75, 3.05) is 19.7 Å². The Bertz CT molecular complexity index is 211. The van der Waals surface area contributed by atoms with Crippen LogP contribution < -0.4 is 0 Å². The first-order valence-electron chi connectivity index (χ1n) is 4.94. The van der Waals surface area contributed by atoms with Crippen molar-refractivity contribution < 1.29 is 9.53 Å².